The van der Waals surface area contributed by atoms with Crippen molar-refractivity contribution < 1.29 is 20.1 Å². The lowest BCUT2D eigenvalue weighted by Gasteiger charge is -2.63. The van der Waals surface area contributed by atoms with Crippen LogP contribution in [-0.4, -0.2) is 46.6 Å². The average Bonchev–Trinajstić information content (AvgIpc) is 3.06. The standard InChI is InChI=1S/C25H43NO4/c1-14(5-8-22(30)26-4)17-6-7-18-23-19(13-21(29)25(17,18)3)24(2)10-9-16(27)11-15(24)12-20(23)28/h14-21,23,27-29H,5-13H2,1-4H3,(H,26,30)/t14-,15+,16-,17-,18+,19+,20-,21+,23+,24+,25-/m1/s1. The van der Waals surface area contributed by atoms with Crippen molar-refractivity contribution in [1.82, 2.24) is 5.32 Å². The van der Waals surface area contributed by atoms with E-state index in [9.17, 15) is 20.1 Å². The molecule has 4 aliphatic rings. The largest absolute Gasteiger partial charge is 0.393 e. The average molecular weight is 422 g/mol. The fraction of sp³-hybridized carbons (Fsp3) is 0.960. The smallest absolute Gasteiger partial charge is 0.219 e. The second-order valence-corrected chi connectivity index (χ2v) is 11.7. The Morgan fingerprint density at radius 2 is 1.80 bits per heavy atom. The molecule has 4 saturated carbocycles. The lowest BCUT2D eigenvalue weighted by molar-refractivity contribution is -0.207. The first kappa shape index (κ1) is 22.5. The van der Waals surface area contributed by atoms with Crippen molar-refractivity contribution in [3.05, 3.63) is 0 Å². The number of carbonyl (C=O) groups excluding carboxylic acids is 1. The number of carbonyl (C=O) groups is 1. The normalized spacial score (nSPS) is 51.4. The maximum Gasteiger partial charge on any atom is 0.219 e. The first-order chi connectivity index (χ1) is 14.1. The van der Waals surface area contributed by atoms with Gasteiger partial charge in [-0.3, -0.25) is 4.79 Å². The van der Waals surface area contributed by atoms with Crippen molar-refractivity contribution in [2.45, 2.75) is 96.9 Å². The molecule has 0 bridgehead atoms. The highest BCUT2D eigenvalue weighted by atomic mass is 16.3. The predicted molar refractivity (Wildman–Crippen MR) is 116 cm³/mol. The SMILES string of the molecule is CNC(=O)CC[C@@H](C)[C@H]1CC[C@H]2[C@@H]3[C@H](O)C[C@@H]4C[C@H](O)CC[C@]4(C)[C@H]3C[C@H](O)[C@]12C. The zero-order chi connectivity index (χ0) is 21.8. The van der Waals surface area contributed by atoms with Gasteiger partial charge in [-0.05, 0) is 97.7 Å². The number of aliphatic hydroxyl groups excluding tert-OH is 3. The van der Waals surface area contributed by atoms with Crippen molar-refractivity contribution in [3.8, 4) is 0 Å². The van der Waals surface area contributed by atoms with E-state index in [0.717, 1.165) is 51.4 Å². The minimum atomic E-state index is -0.353. The molecule has 0 saturated heterocycles. The molecule has 0 heterocycles. The number of aliphatic hydroxyl groups is 3. The van der Waals surface area contributed by atoms with Gasteiger partial charge in [0.05, 0.1) is 18.3 Å². The summed E-state index contributed by atoms with van der Waals surface area (Å²) in [6.07, 6.45) is 6.88. The van der Waals surface area contributed by atoms with Crippen molar-refractivity contribution in [1.29, 1.82) is 0 Å². The van der Waals surface area contributed by atoms with Crippen molar-refractivity contribution in [2.24, 2.45) is 46.3 Å². The molecule has 0 aromatic heterocycles. The molecule has 0 aromatic rings. The third kappa shape index (κ3) is 3.34. The Balaban J connectivity index is 1.58. The maximum atomic E-state index is 11.8. The van der Waals surface area contributed by atoms with Crippen molar-refractivity contribution in [3.63, 3.8) is 0 Å². The zero-order valence-corrected chi connectivity index (χ0v) is 19.3. The van der Waals surface area contributed by atoms with E-state index in [2.05, 4.69) is 26.1 Å². The molecule has 4 fully saturated rings. The van der Waals surface area contributed by atoms with Crippen LogP contribution in [0.2, 0.25) is 0 Å². The van der Waals surface area contributed by atoms with Gasteiger partial charge in [-0.2, -0.15) is 0 Å². The van der Waals surface area contributed by atoms with Gasteiger partial charge in [0.2, 0.25) is 5.91 Å². The van der Waals surface area contributed by atoms with E-state index in [4.69, 9.17) is 0 Å². The number of fused-ring (bicyclic) bond motifs is 5. The molecule has 0 aromatic carbocycles. The molecular formula is C25H43NO4. The number of rotatable bonds is 4. The fourth-order valence-electron chi connectivity index (χ4n) is 8.82. The maximum absolute atomic E-state index is 11.8. The zero-order valence-electron chi connectivity index (χ0n) is 19.3. The van der Waals surface area contributed by atoms with Gasteiger partial charge in [-0.25, -0.2) is 0 Å². The molecule has 5 heteroatoms. The molecule has 4 rings (SSSR count). The second kappa shape index (κ2) is 8.04. The second-order valence-electron chi connectivity index (χ2n) is 11.7. The van der Waals surface area contributed by atoms with Crippen LogP contribution in [0.4, 0.5) is 0 Å². The van der Waals surface area contributed by atoms with E-state index in [1.54, 1.807) is 7.05 Å². The highest BCUT2D eigenvalue weighted by Crippen LogP contribution is 2.68. The highest BCUT2D eigenvalue weighted by Gasteiger charge is 2.65. The van der Waals surface area contributed by atoms with E-state index in [1.807, 2.05) is 0 Å². The summed E-state index contributed by atoms with van der Waals surface area (Å²) in [4.78, 5) is 11.8. The molecule has 4 N–H and O–H groups in total. The van der Waals surface area contributed by atoms with Crippen LogP contribution in [0, 0.1) is 46.3 Å². The molecule has 0 unspecified atom stereocenters. The first-order valence-electron chi connectivity index (χ1n) is 12.4. The van der Waals surface area contributed by atoms with Crippen molar-refractivity contribution >= 4 is 5.91 Å². The van der Waals surface area contributed by atoms with Crippen LogP contribution in [-0.2, 0) is 4.79 Å². The summed E-state index contributed by atoms with van der Waals surface area (Å²) in [5, 5.41) is 35.8. The number of hydrogen-bond acceptors (Lipinski definition) is 4. The Kier molecular flexibility index (Phi) is 6.04. The molecule has 0 radical (unpaired) electrons. The van der Waals surface area contributed by atoms with Crippen LogP contribution in [0.25, 0.3) is 0 Å². The van der Waals surface area contributed by atoms with Gasteiger partial charge >= 0.3 is 0 Å². The summed E-state index contributed by atoms with van der Waals surface area (Å²) in [6.45, 7) is 6.90. The molecule has 5 nitrogen and oxygen atoms in total. The number of hydrogen-bond donors (Lipinski definition) is 4. The van der Waals surface area contributed by atoms with Crippen molar-refractivity contribution in [2.75, 3.05) is 7.05 Å². The third-order valence-electron chi connectivity index (χ3n) is 10.6. The molecule has 0 aliphatic heterocycles. The van der Waals surface area contributed by atoms with Gasteiger partial charge in [-0.1, -0.05) is 20.8 Å². The quantitative estimate of drug-likeness (QED) is 0.561. The Morgan fingerprint density at radius 3 is 2.50 bits per heavy atom. The number of amides is 1. The summed E-state index contributed by atoms with van der Waals surface area (Å²) >= 11 is 0. The lowest BCUT2D eigenvalue weighted by atomic mass is 9.43. The summed E-state index contributed by atoms with van der Waals surface area (Å²) < 4.78 is 0. The number of nitrogens with one attached hydrogen (secondary N) is 1. The van der Waals surface area contributed by atoms with Crippen LogP contribution in [0.3, 0.4) is 0 Å². The molecular weight excluding hydrogens is 378 g/mol. The van der Waals surface area contributed by atoms with Gasteiger partial charge in [-0.15, -0.1) is 0 Å². The molecule has 11 atom stereocenters. The molecule has 1 amide bonds. The van der Waals surface area contributed by atoms with E-state index >= 15 is 0 Å². The first-order valence-corrected chi connectivity index (χ1v) is 12.4. The van der Waals surface area contributed by atoms with Crippen LogP contribution >= 0.6 is 0 Å². The Bertz CT molecular complexity index is 655. The topological polar surface area (TPSA) is 89.8 Å². The highest BCUT2D eigenvalue weighted by molar-refractivity contribution is 5.75. The minimum absolute atomic E-state index is 0.0898. The van der Waals surface area contributed by atoms with Gasteiger partial charge in [0.15, 0.2) is 0 Å². The monoisotopic (exact) mass is 421 g/mol. The van der Waals surface area contributed by atoms with Gasteiger partial charge < -0.3 is 20.6 Å². The Hall–Kier alpha value is -0.650. The van der Waals surface area contributed by atoms with Gasteiger partial charge in [0.25, 0.3) is 0 Å². The fourth-order valence-corrected chi connectivity index (χ4v) is 8.82. The lowest BCUT2D eigenvalue weighted by Crippen LogP contribution is -2.62. The van der Waals surface area contributed by atoms with E-state index in [-0.39, 0.29) is 41.0 Å². The van der Waals surface area contributed by atoms with E-state index < -0.39 is 0 Å². The van der Waals surface area contributed by atoms with Crippen LogP contribution in [0.5, 0.6) is 0 Å². The summed E-state index contributed by atoms with van der Waals surface area (Å²) in [5.74, 6) is 2.17. The Labute approximate surface area is 182 Å². The van der Waals surface area contributed by atoms with Crippen LogP contribution < -0.4 is 5.32 Å². The molecule has 4 aliphatic carbocycles. The predicted octanol–water partition coefficient (Wildman–Crippen LogP) is 3.11. The summed E-state index contributed by atoms with van der Waals surface area (Å²) in [6, 6.07) is 0. The third-order valence-corrected chi connectivity index (χ3v) is 10.6. The van der Waals surface area contributed by atoms with E-state index in [1.165, 1.54) is 0 Å². The Morgan fingerprint density at radius 1 is 1.07 bits per heavy atom. The summed E-state index contributed by atoms with van der Waals surface area (Å²) in [5.41, 5.74) is -0.0595. The van der Waals surface area contributed by atoms with Gasteiger partial charge in [0.1, 0.15) is 0 Å². The molecule has 172 valence electrons. The van der Waals surface area contributed by atoms with E-state index in [0.29, 0.717) is 36.0 Å². The summed E-state index contributed by atoms with van der Waals surface area (Å²) in [7, 11) is 1.69. The van der Waals surface area contributed by atoms with Crippen LogP contribution in [0.15, 0.2) is 0 Å². The molecule has 0 spiro atoms. The molecule has 30 heavy (non-hydrogen) atoms. The van der Waals surface area contributed by atoms with Crippen LogP contribution in [0.1, 0.15) is 78.6 Å². The van der Waals surface area contributed by atoms with Gasteiger partial charge in [0, 0.05) is 13.5 Å². The minimum Gasteiger partial charge on any atom is -0.393 e.